The number of thiol groups is 1. The van der Waals surface area contributed by atoms with Gasteiger partial charge in [0, 0.05) is 12.3 Å². The normalized spacial score (nSPS) is 40.6. The summed E-state index contributed by atoms with van der Waals surface area (Å²) >= 11 is 3.87. The molecular weight excluding hydrogens is 554 g/mol. The monoisotopic (exact) mass is 579 g/mol. The minimum absolute atomic E-state index is 0.00873. The topological polar surface area (TPSA) is 257 Å². The van der Waals surface area contributed by atoms with Crippen molar-refractivity contribution in [3.05, 3.63) is 24.7 Å². The molecule has 3 heterocycles. The van der Waals surface area contributed by atoms with Crippen LogP contribution in [-0.2, 0) is 36.8 Å². The van der Waals surface area contributed by atoms with Gasteiger partial charge in [0.1, 0.15) is 36.3 Å². The maximum absolute atomic E-state index is 12.2. The smallest absolute Gasteiger partial charge is 0.478 e. The number of amides is 1. The molecule has 0 spiro atoms. The van der Waals surface area contributed by atoms with Crippen LogP contribution in [0, 0.1) is 0 Å². The molecule has 0 aromatic carbocycles. The Hall–Kier alpha value is -0.920. The molecule has 11 atom stereocenters. The number of aliphatic hydroxyl groups excluding tert-OH is 5. The lowest BCUT2D eigenvalue weighted by atomic mass is 10.0. The Bertz CT molecular complexity index is 968. The van der Waals surface area contributed by atoms with Crippen molar-refractivity contribution in [2.45, 2.75) is 54.4 Å². The van der Waals surface area contributed by atoms with Crippen LogP contribution in [0.2, 0.25) is 0 Å². The quantitative estimate of drug-likeness (QED) is 0.0962. The largest absolute Gasteiger partial charge is 0.756 e. The van der Waals surface area contributed by atoms with Gasteiger partial charge in [-0.2, -0.15) is 12.6 Å². The van der Waals surface area contributed by atoms with Crippen molar-refractivity contribution in [1.82, 2.24) is 10.2 Å². The molecular formula is C16H25N2O15P2S-. The van der Waals surface area contributed by atoms with Gasteiger partial charge in [-0.1, -0.05) is 6.58 Å². The van der Waals surface area contributed by atoms with Crippen LogP contribution in [0.3, 0.4) is 0 Å². The van der Waals surface area contributed by atoms with Gasteiger partial charge in [0.25, 0.3) is 13.7 Å². The second-order valence-corrected chi connectivity index (χ2v) is 11.4. The highest BCUT2D eigenvalue weighted by Gasteiger charge is 2.48. The number of phosphoric ester groups is 2. The molecule has 0 aliphatic carbocycles. The number of nitrogens with zero attached hydrogens (tertiary/aromatic N) is 1. The predicted molar refractivity (Wildman–Crippen MR) is 115 cm³/mol. The molecule has 3 aliphatic heterocycles. The van der Waals surface area contributed by atoms with Crippen molar-refractivity contribution < 1.29 is 72.1 Å². The van der Waals surface area contributed by atoms with E-state index >= 15 is 0 Å². The summed E-state index contributed by atoms with van der Waals surface area (Å²) in [7, 11) is -11.1. The molecule has 7 N–H and O–H groups in total. The number of aliphatic hydroxyl groups is 5. The third-order valence-corrected chi connectivity index (χ3v) is 8.38. The van der Waals surface area contributed by atoms with Gasteiger partial charge in [-0.3, -0.25) is 18.4 Å². The number of ether oxygens (including phenoxy) is 2. The maximum atomic E-state index is 12.2. The fraction of sp³-hybridized carbons (Fsp3) is 0.688. The van der Waals surface area contributed by atoms with Crippen molar-refractivity contribution in [3.63, 3.8) is 0 Å². The van der Waals surface area contributed by atoms with E-state index in [-0.39, 0.29) is 5.82 Å². The number of hydrogen-bond acceptors (Lipinski definition) is 16. The third kappa shape index (κ3) is 6.74. The van der Waals surface area contributed by atoms with Gasteiger partial charge in [-0.15, -0.1) is 0 Å². The second-order valence-electron chi connectivity index (χ2n) is 7.80. The van der Waals surface area contributed by atoms with Crippen LogP contribution in [0.5, 0.6) is 0 Å². The lowest BCUT2D eigenvalue weighted by Crippen LogP contribution is -2.57. The van der Waals surface area contributed by atoms with Gasteiger partial charge < -0.3 is 55.0 Å². The summed E-state index contributed by atoms with van der Waals surface area (Å²) in [6, 6.07) is 0. The van der Waals surface area contributed by atoms with Crippen molar-refractivity contribution >= 4 is 34.2 Å². The zero-order valence-electron chi connectivity index (χ0n) is 18.1. The molecule has 2 fully saturated rings. The summed E-state index contributed by atoms with van der Waals surface area (Å²) in [5.41, 5.74) is 0. The van der Waals surface area contributed by atoms with Crippen LogP contribution in [0.15, 0.2) is 24.7 Å². The molecule has 0 saturated carbocycles. The average Bonchev–Trinajstić information content (AvgIpc) is 3.06. The van der Waals surface area contributed by atoms with E-state index in [9.17, 15) is 49.2 Å². The molecule has 5 unspecified atom stereocenters. The predicted octanol–water partition coefficient (Wildman–Crippen LogP) is -3.79. The molecule has 36 heavy (non-hydrogen) atoms. The SMILES string of the molecule is C=C1NC(=O)C=CN1[C@@H]1O[C@H](COP(=O)(O)OP(=O)([O-])O[C@H]2OC(CO)[C@@H](O)[C@H](O)C2S)C(O)[C@@H]1O. The lowest BCUT2D eigenvalue weighted by molar-refractivity contribution is -0.268. The van der Waals surface area contributed by atoms with Gasteiger partial charge in [0.15, 0.2) is 12.5 Å². The lowest BCUT2D eigenvalue weighted by Gasteiger charge is -2.41. The van der Waals surface area contributed by atoms with Crippen LogP contribution in [0.25, 0.3) is 0 Å². The molecule has 206 valence electrons. The van der Waals surface area contributed by atoms with Crippen molar-refractivity contribution in [2.24, 2.45) is 0 Å². The Kier molecular flexibility index (Phi) is 9.42. The Morgan fingerprint density at radius 2 is 1.78 bits per heavy atom. The average molecular weight is 579 g/mol. The van der Waals surface area contributed by atoms with E-state index in [2.05, 4.69) is 37.9 Å². The van der Waals surface area contributed by atoms with Crippen LogP contribution in [0.1, 0.15) is 0 Å². The van der Waals surface area contributed by atoms with Gasteiger partial charge in [0.2, 0.25) is 0 Å². The molecule has 0 aromatic heterocycles. The number of rotatable bonds is 9. The molecule has 3 rings (SSSR count). The number of carbonyl (C=O) groups is 1. The van der Waals surface area contributed by atoms with E-state index < -0.39 is 89.2 Å². The van der Waals surface area contributed by atoms with Crippen LogP contribution in [-0.4, -0.2) is 109 Å². The van der Waals surface area contributed by atoms with Gasteiger partial charge in [0.05, 0.1) is 24.6 Å². The highest BCUT2D eigenvalue weighted by Crippen LogP contribution is 2.59. The molecule has 17 nitrogen and oxygen atoms in total. The molecule has 3 aliphatic rings. The molecule has 1 amide bonds. The first-order valence-electron chi connectivity index (χ1n) is 10.1. The number of hydrogen-bond donors (Lipinski definition) is 8. The third-order valence-electron chi connectivity index (χ3n) is 5.26. The molecule has 0 bridgehead atoms. The van der Waals surface area contributed by atoms with Gasteiger partial charge >= 0.3 is 7.82 Å². The Morgan fingerprint density at radius 3 is 2.39 bits per heavy atom. The summed E-state index contributed by atoms with van der Waals surface area (Å²) in [5, 5.41) is 50.2. The molecule has 0 aromatic rings. The van der Waals surface area contributed by atoms with E-state index in [4.69, 9.17) is 9.47 Å². The van der Waals surface area contributed by atoms with Crippen molar-refractivity contribution in [3.8, 4) is 0 Å². The summed E-state index contributed by atoms with van der Waals surface area (Å²) < 4.78 is 47.9. The zero-order valence-corrected chi connectivity index (χ0v) is 20.8. The number of phosphoric acid groups is 2. The van der Waals surface area contributed by atoms with Crippen LogP contribution >= 0.6 is 28.3 Å². The van der Waals surface area contributed by atoms with E-state index in [0.29, 0.717) is 0 Å². The van der Waals surface area contributed by atoms with Crippen molar-refractivity contribution in [1.29, 1.82) is 0 Å². The van der Waals surface area contributed by atoms with Crippen molar-refractivity contribution in [2.75, 3.05) is 13.2 Å². The molecule has 0 radical (unpaired) electrons. The van der Waals surface area contributed by atoms with Crippen LogP contribution in [0.4, 0.5) is 0 Å². The standard InChI is InChI=1S/C16H26N2O15P2S/c1-6-17-9(20)2-3-18(6)15-13(24)11(22)8(30-15)5-29-34(25,26)33-35(27,28)32-16-14(36)12(23)10(21)7(4-19)31-16/h2-3,7-8,10-16,19,21-24,36H,1,4-5H2,(H,17,20)(H,25,26)(H,27,28)/p-1/t7?,8-,10-,11?,12+,13+,14?,15-,16-/m1/s1. The Labute approximate surface area is 209 Å². The molecule has 2 saturated heterocycles. The number of carbonyl (C=O) groups excluding carboxylic acids is 1. The Balaban J connectivity index is 1.58. The second kappa shape index (κ2) is 11.4. The minimum Gasteiger partial charge on any atom is -0.756 e. The van der Waals surface area contributed by atoms with Crippen LogP contribution < -0.4 is 10.2 Å². The first-order valence-corrected chi connectivity index (χ1v) is 13.6. The van der Waals surface area contributed by atoms with E-state index in [1.165, 1.54) is 11.1 Å². The Morgan fingerprint density at radius 1 is 1.14 bits per heavy atom. The van der Waals surface area contributed by atoms with E-state index in [1.807, 2.05) is 0 Å². The fourth-order valence-corrected chi connectivity index (χ4v) is 5.97. The number of nitrogens with one attached hydrogen (secondary N) is 1. The highest BCUT2D eigenvalue weighted by molar-refractivity contribution is 7.81. The van der Waals surface area contributed by atoms with E-state index in [0.717, 1.165) is 6.08 Å². The summed E-state index contributed by atoms with van der Waals surface area (Å²) in [4.78, 5) is 34.5. The first-order chi connectivity index (χ1) is 16.7. The maximum Gasteiger partial charge on any atom is 0.478 e. The first kappa shape index (κ1) is 29.6. The van der Waals surface area contributed by atoms with Gasteiger partial charge in [-0.05, 0) is 0 Å². The summed E-state index contributed by atoms with van der Waals surface area (Å²) in [6.07, 6.45) is -10.4. The minimum atomic E-state index is -5.70. The summed E-state index contributed by atoms with van der Waals surface area (Å²) in [5.74, 6) is -0.485. The molecule has 20 heteroatoms. The van der Waals surface area contributed by atoms with E-state index in [1.54, 1.807) is 0 Å². The fourth-order valence-electron chi connectivity index (χ4n) is 3.44. The zero-order chi connectivity index (χ0) is 27.0. The summed E-state index contributed by atoms with van der Waals surface area (Å²) in [6.45, 7) is 1.80. The van der Waals surface area contributed by atoms with Gasteiger partial charge in [-0.25, -0.2) is 8.88 Å². The highest BCUT2D eigenvalue weighted by atomic mass is 32.1.